The Morgan fingerprint density at radius 2 is 2.00 bits per heavy atom. The number of halogens is 1. The number of carbonyl (C=O) groups excluding carboxylic acids is 1. The third kappa shape index (κ3) is 3.74. The molecule has 0 unspecified atom stereocenters. The highest BCUT2D eigenvalue weighted by atomic mass is 32.2. The molecule has 1 rings (SSSR count). The van der Waals surface area contributed by atoms with E-state index in [4.69, 9.17) is 5.14 Å². The molecule has 106 valence electrons. The van der Waals surface area contributed by atoms with Crippen LogP contribution in [-0.4, -0.2) is 32.3 Å². The first kappa shape index (κ1) is 15.6. The summed E-state index contributed by atoms with van der Waals surface area (Å²) in [7, 11) is -3.96. The highest BCUT2D eigenvalue weighted by Crippen LogP contribution is 2.16. The molecule has 0 spiro atoms. The van der Waals surface area contributed by atoms with Crippen LogP contribution in [0.1, 0.15) is 30.6 Å². The molecule has 0 aliphatic carbocycles. The van der Waals surface area contributed by atoms with Crippen molar-refractivity contribution in [3.63, 3.8) is 0 Å². The van der Waals surface area contributed by atoms with Crippen molar-refractivity contribution >= 4 is 15.9 Å². The van der Waals surface area contributed by atoms with Crippen LogP contribution in [0.2, 0.25) is 0 Å². The summed E-state index contributed by atoms with van der Waals surface area (Å²) in [5.41, 5.74) is -0.276. The predicted molar refractivity (Wildman–Crippen MR) is 69.6 cm³/mol. The Kier molecular flexibility index (Phi) is 5.02. The van der Waals surface area contributed by atoms with Gasteiger partial charge in [0.2, 0.25) is 10.0 Å². The van der Waals surface area contributed by atoms with Crippen LogP contribution in [0.25, 0.3) is 0 Å². The third-order valence-corrected chi connectivity index (χ3v) is 3.57. The lowest BCUT2D eigenvalue weighted by atomic mass is 10.2. The maximum absolute atomic E-state index is 13.7. The van der Waals surface area contributed by atoms with Crippen LogP contribution >= 0.6 is 0 Å². The van der Waals surface area contributed by atoms with Gasteiger partial charge in [-0.2, -0.15) is 0 Å². The summed E-state index contributed by atoms with van der Waals surface area (Å²) in [6.07, 6.45) is 0.732. The standard InChI is InChI=1S/C12H17FN2O3S/c1-3-7-15(4-2)12(16)10-8-9(19(14,17)18)5-6-11(10)13/h5-6,8H,3-4,7H2,1-2H3,(H2,14,17,18). The van der Waals surface area contributed by atoms with Crippen LogP contribution < -0.4 is 5.14 Å². The molecule has 0 aliphatic heterocycles. The van der Waals surface area contributed by atoms with Crippen molar-refractivity contribution in [3.8, 4) is 0 Å². The number of rotatable bonds is 5. The van der Waals surface area contributed by atoms with Gasteiger partial charge in [-0.1, -0.05) is 6.92 Å². The fourth-order valence-electron chi connectivity index (χ4n) is 1.69. The summed E-state index contributed by atoms with van der Waals surface area (Å²) in [6, 6.07) is 2.95. The van der Waals surface area contributed by atoms with E-state index in [0.717, 1.165) is 24.6 Å². The number of hydrogen-bond acceptors (Lipinski definition) is 3. The first-order valence-electron chi connectivity index (χ1n) is 5.92. The number of sulfonamides is 1. The molecule has 0 atom stereocenters. The molecule has 1 aromatic rings. The lowest BCUT2D eigenvalue weighted by Crippen LogP contribution is -2.32. The van der Waals surface area contributed by atoms with E-state index < -0.39 is 21.7 Å². The molecule has 7 heteroatoms. The molecule has 0 bridgehead atoms. The molecular formula is C12H17FN2O3S. The van der Waals surface area contributed by atoms with E-state index in [2.05, 4.69) is 0 Å². The molecule has 0 saturated carbocycles. The summed E-state index contributed by atoms with van der Waals surface area (Å²) < 4.78 is 36.1. The monoisotopic (exact) mass is 288 g/mol. The van der Waals surface area contributed by atoms with Gasteiger partial charge in [0, 0.05) is 13.1 Å². The Morgan fingerprint density at radius 1 is 1.37 bits per heavy atom. The third-order valence-electron chi connectivity index (χ3n) is 2.66. The summed E-state index contributed by atoms with van der Waals surface area (Å²) in [5, 5.41) is 4.97. The Labute approximate surface area is 112 Å². The summed E-state index contributed by atoms with van der Waals surface area (Å²) >= 11 is 0. The van der Waals surface area contributed by atoms with Crippen molar-refractivity contribution in [2.45, 2.75) is 25.2 Å². The van der Waals surface area contributed by atoms with Crippen molar-refractivity contribution in [2.24, 2.45) is 5.14 Å². The molecule has 0 aliphatic rings. The highest BCUT2D eigenvalue weighted by molar-refractivity contribution is 7.89. The fourth-order valence-corrected chi connectivity index (χ4v) is 2.23. The van der Waals surface area contributed by atoms with Crippen molar-refractivity contribution in [1.82, 2.24) is 4.90 Å². The van der Waals surface area contributed by atoms with Crippen LogP contribution in [0.5, 0.6) is 0 Å². The topological polar surface area (TPSA) is 80.5 Å². The lowest BCUT2D eigenvalue weighted by Gasteiger charge is -2.20. The van der Waals surface area contributed by atoms with Crippen molar-refractivity contribution in [1.29, 1.82) is 0 Å². The van der Waals surface area contributed by atoms with Crippen molar-refractivity contribution in [3.05, 3.63) is 29.6 Å². The van der Waals surface area contributed by atoms with E-state index in [0.29, 0.717) is 13.1 Å². The van der Waals surface area contributed by atoms with Gasteiger partial charge < -0.3 is 4.90 Å². The van der Waals surface area contributed by atoms with E-state index in [-0.39, 0.29) is 10.5 Å². The Balaban J connectivity index is 3.22. The first-order valence-corrected chi connectivity index (χ1v) is 7.47. The van der Waals surface area contributed by atoms with Gasteiger partial charge in [0.1, 0.15) is 5.82 Å². The van der Waals surface area contributed by atoms with Crippen LogP contribution in [0.3, 0.4) is 0 Å². The molecule has 0 aromatic heterocycles. The molecule has 0 saturated heterocycles. The maximum Gasteiger partial charge on any atom is 0.256 e. The second-order valence-electron chi connectivity index (χ2n) is 4.07. The first-order chi connectivity index (χ1) is 8.81. The average Bonchev–Trinajstić information content (AvgIpc) is 2.34. The van der Waals surface area contributed by atoms with E-state index in [1.165, 1.54) is 4.90 Å². The van der Waals surface area contributed by atoms with Gasteiger partial charge in [0.25, 0.3) is 5.91 Å². The SMILES string of the molecule is CCCN(CC)C(=O)c1cc(S(N)(=O)=O)ccc1F. The average molecular weight is 288 g/mol. The van der Waals surface area contributed by atoms with Crippen LogP contribution in [0.15, 0.2) is 23.1 Å². The van der Waals surface area contributed by atoms with Crippen LogP contribution in [0, 0.1) is 5.82 Å². The highest BCUT2D eigenvalue weighted by Gasteiger charge is 2.20. The molecule has 0 heterocycles. The lowest BCUT2D eigenvalue weighted by molar-refractivity contribution is 0.0759. The second-order valence-corrected chi connectivity index (χ2v) is 5.63. The molecule has 0 radical (unpaired) electrons. The zero-order valence-electron chi connectivity index (χ0n) is 10.9. The molecule has 1 aromatic carbocycles. The van der Waals surface area contributed by atoms with Crippen LogP contribution in [-0.2, 0) is 10.0 Å². The second kappa shape index (κ2) is 6.12. The molecule has 19 heavy (non-hydrogen) atoms. The van der Waals surface area contributed by atoms with Gasteiger partial charge in [0.15, 0.2) is 0 Å². The summed E-state index contributed by atoms with van der Waals surface area (Å²) in [5.74, 6) is -1.29. The summed E-state index contributed by atoms with van der Waals surface area (Å²) in [4.78, 5) is 13.3. The Bertz CT molecular complexity index is 572. The number of primary sulfonamides is 1. The minimum atomic E-state index is -3.96. The largest absolute Gasteiger partial charge is 0.339 e. The van der Waals surface area contributed by atoms with Gasteiger partial charge >= 0.3 is 0 Å². The van der Waals surface area contributed by atoms with E-state index in [1.807, 2.05) is 6.92 Å². The fraction of sp³-hybridized carbons (Fsp3) is 0.417. The Hall–Kier alpha value is -1.47. The van der Waals surface area contributed by atoms with E-state index in [9.17, 15) is 17.6 Å². The molecular weight excluding hydrogens is 271 g/mol. The number of benzene rings is 1. The quantitative estimate of drug-likeness (QED) is 0.888. The van der Waals surface area contributed by atoms with Crippen LogP contribution in [0.4, 0.5) is 4.39 Å². The number of nitrogens with two attached hydrogens (primary N) is 1. The van der Waals surface area contributed by atoms with Gasteiger partial charge in [-0.25, -0.2) is 17.9 Å². The molecule has 1 amide bonds. The zero-order chi connectivity index (χ0) is 14.6. The van der Waals surface area contributed by atoms with Crippen molar-refractivity contribution < 1.29 is 17.6 Å². The van der Waals surface area contributed by atoms with Gasteiger partial charge in [-0.15, -0.1) is 0 Å². The minimum Gasteiger partial charge on any atom is -0.339 e. The normalized spacial score (nSPS) is 11.4. The number of amides is 1. The van der Waals surface area contributed by atoms with Gasteiger partial charge in [-0.05, 0) is 31.5 Å². The zero-order valence-corrected chi connectivity index (χ0v) is 11.7. The number of carbonyl (C=O) groups is 1. The maximum atomic E-state index is 13.7. The van der Waals surface area contributed by atoms with Crippen molar-refractivity contribution in [2.75, 3.05) is 13.1 Å². The molecule has 0 fully saturated rings. The van der Waals surface area contributed by atoms with Gasteiger partial charge in [-0.3, -0.25) is 4.79 Å². The summed E-state index contributed by atoms with van der Waals surface area (Å²) in [6.45, 7) is 4.57. The smallest absolute Gasteiger partial charge is 0.256 e. The molecule has 5 nitrogen and oxygen atoms in total. The minimum absolute atomic E-state index is 0.273. The van der Waals surface area contributed by atoms with E-state index >= 15 is 0 Å². The van der Waals surface area contributed by atoms with Gasteiger partial charge in [0.05, 0.1) is 10.5 Å². The number of hydrogen-bond donors (Lipinski definition) is 1. The predicted octanol–water partition coefficient (Wildman–Crippen LogP) is 1.35. The van der Waals surface area contributed by atoms with E-state index in [1.54, 1.807) is 6.92 Å². The Morgan fingerprint density at radius 3 is 2.47 bits per heavy atom. The molecule has 2 N–H and O–H groups in total. The number of nitrogens with zero attached hydrogens (tertiary/aromatic N) is 1.